The molecule has 5 nitrogen and oxygen atoms in total. The Labute approximate surface area is 163 Å². The highest BCUT2D eigenvalue weighted by Crippen LogP contribution is 2.28. The van der Waals surface area contributed by atoms with Gasteiger partial charge in [-0.15, -0.1) is 0 Å². The van der Waals surface area contributed by atoms with E-state index in [4.69, 9.17) is 0 Å². The van der Waals surface area contributed by atoms with Crippen molar-refractivity contribution in [3.05, 3.63) is 83.5 Å². The van der Waals surface area contributed by atoms with E-state index in [-0.39, 0.29) is 11.5 Å². The molecule has 1 fully saturated rings. The van der Waals surface area contributed by atoms with Gasteiger partial charge in [-0.05, 0) is 55.2 Å². The summed E-state index contributed by atoms with van der Waals surface area (Å²) in [5, 5.41) is 0. The standard InChI is InChI=1S/C22H23FN4O/c1-16-2-3-19(20(23)14-16)22(28)26-11-6-18(7-12-26)21-25-10-13-27(21)15-17-4-8-24-9-5-17/h2-5,8-10,13-14,18H,6-7,11-12,15H2,1H3. The lowest BCUT2D eigenvalue weighted by atomic mass is 9.95. The molecule has 0 unspecified atom stereocenters. The number of imidazole rings is 1. The molecule has 0 saturated carbocycles. The highest BCUT2D eigenvalue weighted by atomic mass is 19.1. The van der Waals surface area contributed by atoms with Crippen LogP contribution in [0, 0.1) is 12.7 Å². The fourth-order valence-corrected chi connectivity index (χ4v) is 3.80. The Kier molecular flexibility index (Phi) is 5.19. The van der Waals surface area contributed by atoms with E-state index in [1.807, 2.05) is 31.5 Å². The second kappa shape index (κ2) is 7.92. The largest absolute Gasteiger partial charge is 0.339 e. The molecule has 1 aromatic carbocycles. The number of aromatic nitrogens is 3. The van der Waals surface area contributed by atoms with Crippen LogP contribution in [0.25, 0.3) is 0 Å². The predicted molar refractivity (Wildman–Crippen MR) is 105 cm³/mol. The van der Waals surface area contributed by atoms with Gasteiger partial charge >= 0.3 is 0 Å². The molecule has 0 N–H and O–H groups in total. The molecule has 144 valence electrons. The van der Waals surface area contributed by atoms with Crippen molar-refractivity contribution in [3.8, 4) is 0 Å². The summed E-state index contributed by atoms with van der Waals surface area (Å²) in [5.41, 5.74) is 2.15. The van der Waals surface area contributed by atoms with E-state index < -0.39 is 5.82 Å². The van der Waals surface area contributed by atoms with Crippen LogP contribution in [0.4, 0.5) is 4.39 Å². The first-order chi connectivity index (χ1) is 13.6. The van der Waals surface area contributed by atoms with Crippen LogP contribution >= 0.6 is 0 Å². The van der Waals surface area contributed by atoms with Gasteiger partial charge < -0.3 is 9.47 Å². The summed E-state index contributed by atoms with van der Waals surface area (Å²) < 4.78 is 16.3. The van der Waals surface area contributed by atoms with E-state index in [2.05, 4.69) is 14.5 Å². The SMILES string of the molecule is Cc1ccc(C(=O)N2CCC(c3nccn3Cc3ccncc3)CC2)c(F)c1. The van der Waals surface area contributed by atoms with Crippen molar-refractivity contribution in [3.63, 3.8) is 0 Å². The number of pyridine rings is 1. The number of rotatable bonds is 4. The highest BCUT2D eigenvalue weighted by Gasteiger charge is 2.28. The smallest absolute Gasteiger partial charge is 0.256 e. The quantitative estimate of drug-likeness (QED) is 0.694. The van der Waals surface area contributed by atoms with E-state index in [0.29, 0.717) is 19.0 Å². The van der Waals surface area contributed by atoms with Gasteiger partial charge in [-0.1, -0.05) is 6.07 Å². The summed E-state index contributed by atoms with van der Waals surface area (Å²) >= 11 is 0. The predicted octanol–water partition coefficient (Wildman–Crippen LogP) is 3.79. The van der Waals surface area contributed by atoms with Gasteiger partial charge in [-0.2, -0.15) is 0 Å². The van der Waals surface area contributed by atoms with Gasteiger partial charge in [0, 0.05) is 50.3 Å². The second-order valence-electron chi connectivity index (χ2n) is 7.32. The van der Waals surface area contributed by atoms with Crippen LogP contribution in [0.2, 0.25) is 0 Å². The number of hydrogen-bond acceptors (Lipinski definition) is 3. The highest BCUT2D eigenvalue weighted by molar-refractivity contribution is 5.94. The number of amides is 1. The summed E-state index contributed by atoms with van der Waals surface area (Å²) in [6.07, 6.45) is 9.06. The number of likely N-dealkylation sites (tertiary alicyclic amines) is 1. The Morgan fingerprint density at radius 1 is 1.14 bits per heavy atom. The molecular weight excluding hydrogens is 355 g/mol. The molecular formula is C22H23FN4O. The van der Waals surface area contributed by atoms with E-state index in [9.17, 15) is 9.18 Å². The molecule has 4 rings (SSSR count). The van der Waals surface area contributed by atoms with Crippen LogP contribution in [0.1, 0.15) is 46.1 Å². The summed E-state index contributed by atoms with van der Waals surface area (Å²) in [6, 6.07) is 8.78. The van der Waals surface area contributed by atoms with Gasteiger partial charge in [0.25, 0.3) is 5.91 Å². The molecule has 28 heavy (non-hydrogen) atoms. The molecule has 1 aliphatic heterocycles. The number of piperidine rings is 1. The molecule has 3 heterocycles. The maximum atomic E-state index is 14.2. The van der Waals surface area contributed by atoms with E-state index in [1.165, 1.54) is 11.6 Å². The lowest BCUT2D eigenvalue weighted by Crippen LogP contribution is -2.38. The first kappa shape index (κ1) is 18.3. The van der Waals surface area contributed by atoms with E-state index in [1.54, 1.807) is 29.4 Å². The number of benzene rings is 1. The molecule has 0 aliphatic carbocycles. The molecule has 3 aromatic rings. The third kappa shape index (κ3) is 3.81. The van der Waals surface area contributed by atoms with Crippen LogP contribution in [0.5, 0.6) is 0 Å². The van der Waals surface area contributed by atoms with Crippen LogP contribution < -0.4 is 0 Å². The second-order valence-corrected chi connectivity index (χ2v) is 7.32. The lowest BCUT2D eigenvalue weighted by Gasteiger charge is -2.32. The first-order valence-electron chi connectivity index (χ1n) is 9.57. The van der Waals surface area contributed by atoms with Gasteiger partial charge in [0.2, 0.25) is 0 Å². The van der Waals surface area contributed by atoms with Crippen LogP contribution in [-0.4, -0.2) is 38.4 Å². The summed E-state index contributed by atoms with van der Waals surface area (Å²) in [7, 11) is 0. The minimum Gasteiger partial charge on any atom is -0.339 e. The molecule has 1 saturated heterocycles. The van der Waals surface area contributed by atoms with Gasteiger partial charge in [0.15, 0.2) is 0 Å². The van der Waals surface area contributed by atoms with Crippen molar-refractivity contribution < 1.29 is 9.18 Å². The van der Waals surface area contributed by atoms with Crippen LogP contribution in [0.3, 0.4) is 0 Å². The minimum absolute atomic E-state index is 0.156. The average Bonchev–Trinajstić information content (AvgIpc) is 3.16. The van der Waals surface area contributed by atoms with Crippen LogP contribution in [0.15, 0.2) is 55.1 Å². The number of carbonyl (C=O) groups is 1. The Morgan fingerprint density at radius 3 is 2.61 bits per heavy atom. The van der Waals surface area contributed by atoms with Crippen LogP contribution in [-0.2, 0) is 6.54 Å². The molecule has 6 heteroatoms. The fourth-order valence-electron chi connectivity index (χ4n) is 3.80. The van der Waals surface area contributed by atoms with Gasteiger partial charge in [-0.25, -0.2) is 9.37 Å². The zero-order valence-corrected chi connectivity index (χ0v) is 15.9. The van der Waals surface area contributed by atoms with Gasteiger partial charge in [0.05, 0.1) is 5.56 Å². The van der Waals surface area contributed by atoms with E-state index >= 15 is 0 Å². The molecule has 0 radical (unpaired) electrons. The maximum Gasteiger partial charge on any atom is 0.256 e. The van der Waals surface area contributed by atoms with Crippen molar-refractivity contribution >= 4 is 5.91 Å². The van der Waals surface area contributed by atoms with Crippen molar-refractivity contribution in [1.29, 1.82) is 0 Å². The number of carbonyl (C=O) groups excluding carboxylic acids is 1. The maximum absolute atomic E-state index is 14.2. The van der Waals surface area contributed by atoms with Crippen molar-refractivity contribution in [1.82, 2.24) is 19.4 Å². The molecule has 2 aromatic heterocycles. The van der Waals surface area contributed by atoms with Crippen molar-refractivity contribution in [2.24, 2.45) is 0 Å². The summed E-state index contributed by atoms with van der Waals surface area (Å²) in [5.74, 6) is 0.672. The monoisotopic (exact) mass is 378 g/mol. The zero-order valence-electron chi connectivity index (χ0n) is 15.9. The molecule has 1 amide bonds. The number of aryl methyl sites for hydroxylation is 1. The molecule has 0 bridgehead atoms. The Hall–Kier alpha value is -3.02. The fraction of sp³-hybridized carbons (Fsp3) is 0.318. The van der Waals surface area contributed by atoms with Crippen molar-refractivity contribution in [2.75, 3.05) is 13.1 Å². The topological polar surface area (TPSA) is 51.0 Å². The normalized spacial score (nSPS) is 15.0. The van der Waals surface area contributed by atoms with Gasteiger partial charge in [0.1, 0.15) is 11.6 Å². The van der Waals surface area contributed by atoms with Crippen molar-refractivity contribution in [2.45, 2.75) is 32.2 Å². The number of halogens is 1. The molecule has 1 aliphatic rings. The lowest BCUT2D eigenvalue weighted by molar-refractivity contribution is 0.0705. The summed E-state index contributed by atoms with van der Waals surface area (Å²) in [6.45, 7) is 3.79. The molecule has 0 atom stereocenters. The molecule has 0 spiro atoms. The summed E-state index contributed by atoms with van der Waals surface area (Å²) in [4.78, 5) is 23.1. The Balaban J connectivity index is 1.42. The number of hydrogen-bond donors (Lipinski definition) is 0. The number of nitrogens with zero attached hydrogens (tertiary/aromatic N) is 4. The van der Waals surface area contributed by atoms with E-state index in [0.717, 1.165) is 30.8 Å². The first-order valence-corrected chi connectivity index (χ1v) is 9.57. The van der Waals surface area contributed by atoms with Gasteiger partial charge in [-0.3, -0.25) is 9.78 Å². The minimum atomic E-state index is -0.444. The zero-order chi connectivity index (χ0) is 19.5. The average molecular weight is 378 g/mol. The Bertz CT molecular complexity index is 962. The third-order valence-electron chi connectivity index (χ3n) is 5.35. The Morgan fingerprint density at radius 2 is 1.89 bits per heavy atom. The third-order valence-corrected chi connectivity index (χ3v) is 5.35.